The number of ether oxygens (including phenoxy) is 2. The van der Waals surface area contributed by atoms with Gasteiger partial charge in [-0.25, -0.2) is 23.7 Å². The van der Waals surface area contributed by atoms with Crippen LogP contribution in [-0.2, 0) is 10.3 Å². The van der Waals surface area contributed by atoms with E-state index in [-0.39, 0.29) is 53.5 Å². The lowest BCUT2D eigenvalue weighted by atomic mass is 9.79. The van der Waals surface area contributed by atoms with Gasteiger partial charge in [0.2, 0.25) is 5.88 Å². The van der Waals surface area contributed by atoms with E-state index in [0.29, 0.717) is 12.5 Å². The lowest BCUT2D eigenvalue weighted by molar-refractivity contribution is 0.102. The Bertz CT molecular complexity index is 1010. The monoisotopic (exact) mass is 471 g/mol. The Hall–Kier alpha value is -2.50. The van der Waals surface area contributed by atoms with Gasteiger partial charge in [-0.15, -0.1) is 12.4 Å². The molecule has 2 aliphatic heterocycles. The highest BCUT2D eigenvalue weighted by molar-refractivity contribution is 8.13. The third-order valence-corrected chi connectivity index (χ3v) is 5.94. The first-order valence-corrected chi connectivity index (χ1v) is 10.2. The van der Waals surface area contributed by atoms with Gasteiger partial charge >= 0.3 is 0 Å². The average Bonchev–Trinajstić information content (AvgIpc) is 3.07. The SMILES string of the molecule is CCOc1cnc(C(=O)Nc2ccc(F)c(C34COCC3(F)CSC(N)=N4)c2)cn1.Cl. The molecule has 2 aromatic rings. The number of hydrogen-bond donors (Lipinski definition) is 2. The molecule has 1 aromatic carbocycles. The number of benzene rings is 1. The number of rotatable bonds is 5. The van der Waals surface area contributed by atoms with E-state index < -0.39 is 22.9 Å². The molecule has 12 heteroatoms. The highest BCUT2D eigenvalue weighted by Gasteiger charge is 2.61. The first-order chi connectivity index (χ1) is 14.4. The van der Waals surface area contributed by atoms with Crippen molar-refractivity contribution in [2.75, 3.05) is 30.9 Å². The Morgan fingerprint density at radius 1 is 1.35 bits per heavy atom. The number of thioether (sulfide) groups is 1. The van der Waals surface area contributed by atoms with Crippen molar-refractivity contribution < 1.29 is 23.0 Å². The van der Waals surface area contributed by atoms with Crippen molar-refractivity contribution in [2.45, 2.75) is 18.1 Å². The van der Waals surface area contributed by atoms with Crippen molar-refractivity contribution in [2.24, 2.45) is 10.7 Å². The number of amides is 1. The van der Waals surface area contributed by atoms with Crippen LogP contribution in [0.3, 0.4) is 0 Å². The van der Waals surface area contributed by atoms with Gasteiger partial charge in [0.1, 0.15) is 11.5 Å². The lowest BCUT2D eigenvalue weighted by Gasteiger charge is -2.38. The quantitative estimate of drug-likeness (QED) is 0.689. The molecule has 1 fully saturated rings. The van der Waals surface area contributed by atoms with Crippen LogP contribution in [0.1, 0.15) is 23.0 Å². The summed E-state index contributed by atoms with van der Waals surface area (Å²) >= 11 is 1.06. The van der Waals surface area contributed by atoms with Gasteiger partial charge < -0.3 is 20.5 Å². The molecule has 1 aromatic heterocycles. The minimum Gasteiger partial charge on any atom is -0.477 e. The molecular formula is C19H20ClF2N5O3S. The summed E-state index contributed by atoms with van der Waals surface area (Å²) in [5, 5.41) is 2.78. The van der Waals surface area contributed by atoms with Crippen LogP contribution in [0.25, 0.3) is 0 Å². The van der Waals surface area contributed by atoms with E-state index in [1.54, 1.807) is 6.92 Å². The van der Waals surface area contributed by atoms with Crippen molar-refractivity contribution in [1.82, 2.24) is 9.97 Å². The number of alkyl halides is 1. The summed E-state index contributed by atoms with van der Waals surface area (Å²) in [5.74, 6) is -0.926. The Morgan fingerprint density at radius 2 is 2.16 bits per heavy atom. The second-order valence-electron chi connectivity index (χ2n) is 6.88. The molecule has 0 bridgehead atoms. The predicted molar refractivity (Wildman–Crippen MR) is 115 cm³/mol. The van der Waals surface area contributed by atoms with Crippen LogP contribution in [0.4, 0.5) is 14.5 Å². The Morgan fingerprint density at radius 3 is 2.87 bits per heavy atom. The van der Waals surface area contributed by atoms with Gasteiger partial charge in [-0.3, -0.25) is 4.79 Å². The van der Waals surface area contributed by atoms with Gasteiger partial charge in [-0.05, 0) is 25.1 Å². The third kappa shape index (κ3) is 4.17. The minimum absolute atomic E-state index is 0. The molecule has 4 rings (SSSR count). The van der Waals surface area contributed by atoms with Crippen molar-refractivity contribution >= 4 is 40.9 Å². The normalized spacial score (nSPS) is 24.5. The number of hydrogen-bond acceptors (Lipinski definition) is 8. The molecule has 0 spiro atoms. The fourth-order valence-corrected chi connectivity index (χ4v) is 4.38. The number of carbonyl (C=O) groups is 1. The van der Waals surface area contributed by atoms with E-state index in [1.165, 1.54) is 24.5 Å². The van der Waals surface area contributed by atoms with Gasteiger partial charge in [0, 0.05) is 17.0 Å². The first-order valence-electron chi connectivity index (χ1n) is 9.18. The van der Waals surface area contributed by atoms with Crippen LogP contribution in [0, 0.1) is 5.82 Å². The van der Waals surface area contributed by atoms with Gasteiger partial charge in [0.25, 0.3) is 5.91 Å². The molecule has 2 aliphatic rings. The van der Waals surface area contributed by atoms with E-state index in [1.807, 2.05) is 0 Å². The number of nitrogens with two attached hydrogens (primary N) is 1. The summed E-state index contributed by atoms with van der Waals surface area (Å²) in [4.78, 5) is 24.7. The average molecular weight is 472 g/mol. The van der Waals surface area contributed by atoms with Crippen molar-refractivity contribution in [3.63, 3.8) is 0 Å². The lowest BCUT2D eigenvalue weighted by Crippen LogP contribution is -2.52. The largest absolute Gasteiger partial charge is 0.477 e. The molecule has 0 saturated carbocycles. The number of aliphatic imine (C=N–C) groups is 1. The van der Waals surface area contributed by atoms with E-state index >= 15 is 4.39 Å². The zero-order valence-corrected chi connectivity index (χ0v) is 18.1. The number of aromatic nitrogens is 2. The molecule has 1 amide bonds. The fraction of sp³-hybridized carbons (Fsp3) is 0.368. The van der Waals surface area contributed by atoms with E-state index in [9.17, 15) is 9.18 Å². The van der Waals surface area contributed by atoms with Crippen LogP contribution in [0.5, 0.6) is 5.88 Å². The number of fused-ring (bicyclic) bond motifs is 1. The smallest absolute Gasteiger partial charge is 0.275 e. The summed E-state index contributed by atoms with van der Waals surface area (Å²) in [7, 11) is 0. The number of carbonyl (C=O) groups excluding carboxylic acids is 1. The van der Waals surface area contributed by atoms with Gasteiger partial charge in [-0.1, -0.05) is 11.8 Å². The Balaban J connectivity index is 0.00000272. The van der Waals surface area contributed by atoms with Crippen LogP contribution >= 0.6 is 24.2 Å². The molecule has 31 heavy (non-hydrogen) atoms. The molecular weight excluding hydrogens is 452 g/mol. The Kier molecular flexibility index (Phi) is 6.68. The minimum atomic E-state index is -1.91. The molecule has 3 N–H and O–H groups in total. The summed E-state index contributed by atoms with van der Waals surface area (Å²) in [6.45, 7) is 1.86. The van der Waals surface area contributed by atoms with E-state index in [4.69, 9.17) is 15.2 Å². The molecule has 0 aliphatic carbocycles. The van der Waals surface area contributed by atoms with E-state index in [0.717, 1.165) is 17.8 Å². The number of anilines is 1. The van der Waals surface area contributed by atoms with Gasteiger partial charge in [0.05, 0.1) is 32.2 Å². The zero-order chi connectivity index (χ0) is 21.4. The third-order valence-electron chi connectivity index (χ3n) is 4.96. The summed E-state index contributed by atoms with van der Waals surface area (Å²) in [5.41, 5.74) is 2.58. The van der Waals surface area contributed by atoms with Crippen LogP contribution < -0.4 is 15.8 Å². The first kappa shape index (κ1) is 23.2. The molecule has 8 nitrogen and oxygen atoms in total. The maximum Gasteiger partial charge on any atom is 0.275 e. The molecule has 3 heterocycles. The standard InChI is InChI=1S/C19H19F2N5O3S.ClH/c1-2-29-15-7-23-14(6-24-15)16(27)25-11-3-4-13(20)12(5-11)19-9-28-8-18(19,21)10-30-17(22)26-19;/h3-7H,2,8-10H2,1H3,(H2,22,26)(H,25,27);1H. The molecule has 166 valence electrons. The molecule has 1 saturated heterocycles. The number of nitrogens with zero attached hydrogens (tertiary/aromatic N) is 3. The predicted octanol–water partition coefficient (Wildman–Crippen LogP) is 2.68. The molecule has 0 radical (unpaired) electrons. The van der Waals surface area contributed by atoms with Gasteiger partial charge in [-0.2, -0.15) is 0 Å². The summed E-state index contributed by atoms with van der Waals surface area (Å²) in [6, 6.07) is 3.87. The maximum absolute atomic E-state index is 15.6. The van der Waals surface area contributed by atoms with Crippen molar-refractivity contribution in [3.05, 3.63) is 47.7 Å². The maximum atomic E-state index is 15.6. The van der Waals surface area contributed by atoms with Crippen LogP contribution in [0.2, 0.25) is 0 Å². The topological polar surface area (TPSA) is 112 Å². The highest BCUT2D eigenvalue weighted by Crippen LogP contribution is 2.50. The number of nitrogens with one attached hydrogen (secondary N) is 1. The zero-order valence-electron chi connectivity index (χ0n) is 16.4. The highest BCUT2D eigenvalue weighted by atomic mass is 35.5. The second-order valence-corrected chi connectivity index (χ2v) is 7.87. The summed E-state index contributed by atoms with van der Waals surface area (Å²) in [6.07, 6.45) is 2.60. The molecule has 2 atom stereocenters. The number of amidine groups is 1. The number of halogens is 3. The van der Waals surface area contributed by atoms with Crippen molar-refractivity contribution in [3.8, 4) is 5.88 Å². The van der Waals surface area contributed by atoms with Crippen LogP contribution in [0.15, 0.2) is 35.6 Å². The van der Waals surface area contributed by atoms with Crippen molar-refractivity contribution in [1.29, 1.82) is 0 Å². The Labute approximate surface area is 187 Å². The van der Waals surface area contributed by atoms with E-state index in [2.05, 4.69) is 20.3 Å². The molecule has 2 unspecified atom stereocenters. The van der Waals surface area contributed by atoms with Gasteiger partial charge in [0.15, 0.2) is 16.4 Å². The second kappa shape index (κ2) is 8.93. The summed E-state index contributed by atoms with van der Waals surface area (Å²) < 4.78 is 40.9. The fourth-order valence-electron chi connectivity index (χ4n) is 3.46. The van der Waals surface area contributed by atoms with Crippen LogP contribution in [-0.4, -0.2) is 52.3 Å².